The molecular weight excluding hydrogens is 768 g/mol. The summed E-state index contributed by atoms with van der Waals surface area (Å²) in [5.41, 5.74) is 1.87. The van der Waals surface area contributed by atoms with Crippen LogP contribution in [0.5, 0.6) is 11.5 Å². The van der Waals surface area contributed by atoms with Gasteiger partial charge in [0.25, 0.3) is 0 Å². The third-order valence-electron chi connectivity index (χ3n) is 7.16. The van der Waals surface area contributed by atoms with Crippen LogP contribution in [0.3, 0.4) is 0 Å². The number of aromatic hydroxyl groups is 1. The Labute approximate surface area is 303 Å². The molecule has 0 aromatic heterocycles. The average molecular weight is 813 g/mol. The first-order chi connectivity index (χ1) is 23.3. The van der Waals surface area contributed by atoms with Crippen molar-refractivity contribution < 1.29 is 53.1 Å². The van der Waals surface area contributed by atoms with Crippen molar-refractivity contribution in [3.05, 3.63) is 80.8 Å². The van der Waals surface area contributed by atoms with Crippen molar-refractivity contribution in [1.82, 2.24) is 0 Å². The molecule has 0 heterocycles. The van der Waals surface area contributed by atoms with Gasteiger partial charge in [0.05, 0.1) is 29.3 Å². The van der Waals surface area contributed by atoms with Crippen LogP contribution < -0.4 is 4.74 Å². The minimum atomic E-state index is -0.440. The largest absolute Gasteiger partial charge is 0.506 e. The van der Waals surface area contributed by atoms with Gasteiger partial charge in [0, 0.05) is 39.5 Å². The molecule has 49 heavy (non-hydrogen) atoms. The Morgan fingerprint density at radius 1 is 0.714 bits per heavy atom. The minimum Gasteiger partial charge on any atom is -0.506 e. The summed E-state index contributed by atoms with van der Waals surface area (Å²) >= 11 is 6.76. The summed E-state index contributed by atoms with van der Waals surface area (Å²) in [6.07, 6.45) is 10.7. The standard InChI is InChI=1S/C18H21BrO5.C11H13BrO3.C7H10O3/c1-12(20)23-14-9-10-15(11-14)24-18-13(5-3-7-16(18)19)6-4-8-17(21)22-2;1-15-10(13)7-3-5-8-4-2-6-9(12)11(8)14;1-5(8)10-7-3-2-6(9)4-7/h3,5,7,9-10,14-15H,4,6,8,11H2,1-2H3;2,4,6,14H,3,5,7H2,1H3;2-3,6-7,9H,4H2,1H3/t14-,15+;;6-,7-/m0.0/s1. The number of carbonyl (C=O) groups is 4. The van der Waals surface area contributed by atoms with E-state index in [0.717, 1.165) is 21.3 Å². The van der Waals surface area contributed by atoms with Gasteiger partial charge in [-0.15, -0.1) is 0 Å². The number of hydrogen-bond acceptors (Lipinski definition) is 11. The molecule has 2 aliphatic carbocycles. The molecule has 2 aromatic rings. The van der Waals surface area contributed by atoms with Gasteiger partial charge in [0.2, 0.25) is 0 Å². The lowest BCUT2D eigenvalue weighted by Crippen LogP contribution is -2.19. The molecule has 2 N–H and O–H groups in total. The molecule has 13 heteroatoms. The van der Waals surface area contributed by atoms with Gasteiger partial charge in [-0.25, -0.2) is 0 Å². The number of para-hydroxylation sites is 2. The van der Waals surface area contributed by atoms with Crippen LogP contribution in [0.25, 0.3) is 0 Å². The second-order valence-electron chi connectivity index (χ2n) is 11.1. The van der Waals surface area contributed by atoms with Gasteiger partial charge in [-0.05, 0) is 99.0 Å². The van der Waals surface area contributed by atoms with Crippen LogP contribution in [-0.4, -0.2) is 72.7 Å². The highest BCUT2D eigenvalue weighted by Crippen LogP contribution is 2.33. The third-order valence-corrected chi connectivity index (χ3v) is 8.42. The molecule has 0 fully saturated rings. The fraction of sp³-hybridized carbons (Fsp3) is 0.444. The molecule has 0 amide bonds. The lowest BCUT2D eigenvalue weighted by Gasteiger charge is -2.18. The van der Waals surface area contributed by atoms with Gasteiger partial charge in [-0.2, -0.15) is 0 Å². The van der Waals surface area contributed by atoms with Gasteiger partial charge in [0.1, 0.15) is 29.8 Å². The van der Waals surface area contributed by atoms with Crippen molar-refractivity contribution in [2.24, 2.45) is 0 Å². The van der Waals surface area contributed by atoms with Crippen molar-refractivity contribution in [2.75, 3.05) is 14.2 Å². The van der Waals surface area contributed by atoms with Crippen LogP contribution in [0.2, 0.25) is 0 Å². The molecule has 0 bridgehead atoms. The first-order valence-corrected chi connectivity index (χ1v) is 17.3. The highest BCUT2D eigenvalue weighted by Gasteiger charge is 2.24. The van der Waals surface area contributed by atoms with Crippen LogP contribution >= 0.6 is 31.9 Å². The smallest absolute Gasteiger partial charge is 0.305 e. The van der Waals surface area contributed by atoms with E-state index in [4.69, 9.17) is 19.3 Å². The lowest BCUT2D eigenvalue weighted by atomic mass is 10.1. The molecule has 2 aliphatic rings. The van der Waals surface area contributed by atoms with Crippen molar-refractivity contribution in [1.29, 1.82) is 0 Å². The van der Waals surface area contributed by atoms with E-state index < -0.39 is 6.10 Å². The summed E-state index contributed by atoms with van der Waals surface area (Å²) in [4.78, 5) is 43.5. The molecule has 4 rings (SSSR count). The molecule has 0 saturated heterocycles. The summed E-state index contributed by atoms with van der Waals surface area (Å²) in [6.45, 7) is 2.76. The first kappa shape index (κ1) is 41.5. The summed E-state index contributed by atoms with van der Waals surface area (Å²) in [7, 11) is 2.76. The van der Waals surface area contributed by atoms with Crippen LogP contribution in [0.1, 0.15) is 63.5 Å². The Bertz CT molecular complexity index is 1460. The zero-order valence-corrected chi connectivity index (χ0v) is 31.2. The molecule has 0 radical (unpaired) electrons. The zero-order chi connectivity index (χ0) is 36.3. The zero-order valence-electron chi connectivity index (χ0n) is 28.1. The van der Waals surface area contributed by atoms with Crippen molar-refractivity contribution >= 4 is 55.7 Å². The number of rotatable bonds is 12. The molecule has 2 aromatic carbocycles. The molecule has 0 unspecified atom stereocenters. The number of benzene rings is 2. The van der Waals surface area contributed by atoms with Crippen molar-refractivity contribution in [2.45, 2.75) is 89.6 Å². The average Bonchev–Trinajstić information content (AvgIpc) is 3.68. The predicted octanol–water partition coefficient (Wildman–Crippen LogP) is 6.47. The van der Waals surface area contributed by atoms with E-state index in [1.54, 1.807) is 18.2 Å². The number of halogens is 2. The molecule has 0 spiro atoms. The quantitative estimate of drug-likeness (QED) is 0.138. The van der Waals surface area contributed by atoms with Crippen LogP contribution in [0.4, 0.5) is 0 Å². The van der Waals surface area contributed by atoms with Crippen LogP contribution in [-0.2, 0) is 51.0 Å². The number of phenolic OH excluding ortho intramolecular Hbond substituents is 1. The molecular formula is C36H44Br2O11. The topological polar surface area (TPSA) is 155 Å². The number of esters is 4. The second kappa shape index (κ2) is 22.1. The Kier molecular flexibility index (Phi) is 18.7. The van der Waals surface area contributed by atoms with Crippen LogP contribution in [0.15, 0.2) is 69.6 Å². The maximum absolute atomic E-state index is 11.2. The lowest BCUT2D eigenvalue weighted by molar-refractivity contribution is -0.145. The summed E-state index contributed by atoms with van der Waals surface area (Å²) in [6, 6.07) is 11.3. The molecule has 268 valence electrons. The summed E-state index contributed by atoms with van der Waals surface area (Å²) in [5.74, 6) is -0.0128. The fourth-order valence-electron chi connectivity index (χ4n) is 4.82. The van der Waals surface area contributed by atoms with E-state index >= 15 is 0 Å². The van der Waals surface area contributed by atoms with Crippen molar-refractivity contribution in [3.63, 3.8) is 0 Å². The maximum atomic E-state index is 11.2. The Morgan fingerprint density at radius 2 is 1.20 bits per heavy atom. The van der Waals surface area contributed by atoms with Gasteiger partial charge in [-0.1, -0.05) is 30.3 Å². The molecule has 4 atom stereocenters. The van der Waals surface area contributed by atoms with Gasteiger partial charge < -0.3 is 33.9 Å². The highest BCUT2D eigenvalue weighted by atomic mass is 79.9. The number of ether oxygens (including phenoxy) is 5. The van der Waals surface area contributed by atoms with E-state index in [1.165, 1.54) is 28.1 Å². The summed E-state index contributed by atoms with van der Waals surface area (Å²) in [5, 5.41) is 18.6. The number of aryl methyl sites for hydroxylation is 2. The summed E-state index contributed by atoms with van der Waals surface area (Å²) < 4.78 is 26.8. The number of carbonyl (C=O) groups excluding carboxylic acids is 4. The number of aliphatic hydroxyl groups is 1. The molecule has 0 aliphatic heterocycles. The maximum Gasteiger partial charge on any atom is 0.305 e. The Hall–Kier alpha value is -3.68. The van der Waals surface area contributed by atoms with E-state index in [0.29, 0.717) is 55.8 Å². The Morgan fingerprint density at radius 3 is 1.73 bits per heavy atom. The van der Waals surface area contributed by atoms with E-state index in [2.05, 4.69) is 41.3 Å². The molecule has 0 saturated carbocycles. The normalized spacial score (nSPS) is 18.7. The van der Waals surface area contributed by atoms with Crippen LogP contribution in [0, 0.1) is 0 Å². The number of hydrogen-bond donors (Lipinski definition) is 2. The predicted molar refractivity (Wildman–Crippen MR) is 189 cm³/mol. The van der Waals surface area contributed by atoms with E-state index in [1.807, 2.05) is 42.5 Å². The molecule has 11 nitrogen and oxygen atoms in total. The van der Waals surface area contributed by atoms with E-state index in [-0.39, 0.29) is 47.9 Å². The van der Waals surface area contributed by atoms with E-state index in [9.17, 15) is 24.3 Å². The monoisotopic (exact) mass is 810 g/mol. The SMILES string of the molecule is CC(=O)O[C@H]1C=C[C@H](O)C1.COC(=O)CCCc1cccc(Br)c1O.COC(=O)CCCc1cccc(Br)c1O[C@@H]1C=C[C@H](OC(C)=O)C1. The third kappa shape index (κ3) is 16.1. The fourth-order valence-corrected chi connectivity index (χ4v) is 5.72. The van der Waals surface area contributed by atoms with Crippen molar-refractivity contribution in [3.8, 4) is 11.5 Å². The number of methoxy groups -OCH3 is 2. The highest BCUT2D eigenvalue weighted by molar-refractivity contribution is 9.10. The minimum absolute atomic E-state index is 0.146. The van der Waals surface area contributed by atoms with Gasteiger partial charge in [0.15, 0.2) is 0 Å². The first-order valence-electron chi connectivity index (χ1n) is 15.8. The number of phenols is 1. The van der Waals surface area contributed by atoms with Gasteiger partial charge in [-0.3, -0.25) is 19.2 Å². The van der Waals surface area contributed by atoms with Gasteiger partial charge >= 0.3 is 23.9 Å². The number of aliphatic hydroxyl groups excluding tert-OH is 1. The Balaban J connectivity index is 0.000000283. The second-order valence-corrected chi connectivity index (χ2v) is 12.8.